The fourth-order valence-electron chi connectivity index (χ4n) is 5.94. The predicted molar refractivity (Wildman–Crippen MR) is 170 cm³/mol. The van der Waals surface area contributed by atoms with E-state index in [1.165, 1.54) is 17.2 Å². The number of carbonyl (C=O) groups is 1. The van der Waals surface area contributed by atoms with E-state index in [9.17, 15) is 4.79 Å². The molecule has 2 aromatic heterocycles. The Kier molecular flexibility index (Phi) is 8.28. The lowest BCUT2D eigenvalue weighted by Gasteiger charge is -2.37. The van der Waals surface area contributed by atoms with Crippen LogP contribution < -0.4 is 0 Å². The summed E-state index contributed by atoms with van der Waals surface area (Å²) >= 11 is 6.23. The van der Waals surface area contributed by atoms with E-state index in [0.717, 1.165) is 16.7 Å². The number of hydrogen-bond acceptors (Lipinski definition) is 7. The molecular formula is C36H28ClFN4O4. The average Bonchev–Trinajstić information content (AvgIpc) is 3.68. The minimum atomic E-state index is -1.80. The van der Waals surface area contributed by atoms with Crippen LogP contribution in [0.3, 0.4) is 0 Å². The summed E-state index contributed by atoms with van der Waals surface area (Å²) in [6, 6.07) is 37.9. The first-order valence-electron chi connectivity index (χ1n) is 14.8. The largest absolute Gasteiger partial charge is 0.453 e. The lowest BCUT2D eigenvalue weighted by atomic mass is 9.80. The maximum atomic E-state index is 16.6. The molecule has 0 saturated carbocycles. The van der Waals surface area contributed by atoms with Crippen molar-refractivity contribution < 1.29 is 23.4 Å². The number of hydrogen-bond donors (Lipinski definition) is 0. The number of halogens is 2. The predicted octanol–water partition coefficient (Wildman–Crippen LogP) is 6.95. The quantitative estimate of drug-likeness (QED) is 0.0966. The van der Waals surface area contributed by atoms with Crippen molar-refractivity contribution >= 4 is 28.7 Å². The van der Waals surface area contributed by atoms with Gasteiger partial charge >= 0.3 is 5.97 Å². The molecule has 8 nitrogen and oxygen atoms in total. The van der Waals surface area contributed by atoms with Crippen LogP contribution in [-0.4, -0.2) is 50.5 Å². The number of rotatable bonds is 9. The van der Waals surface area contributed by atoms with Crippen molar-refractivity contribution in [3.05, 3.63) is 161 Å². The van der Waals surface area contributed by atoms with Gasteiger partial charge in [0.2, 0.25) is 0 Å². The van der Waals surface area contributed by atoms with Crippen LogP contribution in [0.25, 0.3) is 11.2 Å². The molecule has 0 radical (unpaired) electrons. The summed E-state index contributed by atoms with van der Waals surface area (Å²) in [6.07, 6.45) is -2.72. The van der Waals surface area contributed by atoms with Gasteiger partial charge in [0.25, 0.3) is 0 Å². The highest BCUT2D eigenvalue weighted by molar-refractivity contribution is 6.33. The molecule has 0 spiro atoms. The summed E-state index contributed by atoms with van der Waals surface area (Å²) in [5.74, 6) is -0.677. The van der Waals surface area contributed by atoms with Gasteiger partial charge in [-0.25, -0.2) is 24.1 Å². The van der Waals surface area contributed by atoms with Crippen molar-refractivity contribution in [3.8, 4) is 0 Å². The summed E-state index contributed by atoms with van der Waals surface area (Å²) < 4.78 is 37.2. The van der Waals surface area contributed by atoms with Crippen molar-refractivity contribution in [2.24, 2.45) is 0 Å². The van der Waals surface area contributed by atoms with Gasteiger partial charge in [0.1, 0.15) is 23.5 Å². The van der Waals surface area contributed by atoms with Crippen LogP contribution in [0.4, 0.5) is 4.39 Å². The molecule has 0 bridgehead atoms. The maximum absolute atomic E-state index is 16.6. The number of aromatic nitrogens is 4. The van der Waals surface area contributed by atoms with Crippen LogP contribution >= 0.6 is 11.6 Å². The molecule has 10 heteroatoms. The van der Waals surface area contributed by atoms with Crippen molar-refractivity contribution in [2.75, 3.05) is 6.61 Å². The molecule has 1 saturated heterocycles. The number of imidazole rings is 1. The van der Waals surface area contributed by atoms with Crippen LogP contribution in [0.15, 0.2) is 134 Å². The molecule has 7 rings (SSSR count). The van der Waals surface area contributed by atoms with E-state index < -0.39 is 36.2 Å². The van der Waals surface area contributed by atoms with E-state index in [1.54, 1.807) is 30.3 Å². The van der Waals surface area contributed by atoms with Gasteiger partial charge in [0.05, 0.1) is 18.5 Å². The first-order valence-corrected chi connectivity index (χ1v) is 15.1. The van der Waals surface area contributed by atoms with E-state index in [2.05, 4.69) is 15.0 Å². The molecule has 46 heavy (non-hydrogen) atoms. The maximum Gasteiger partial charge on any atom is 0.338 e. The van der Waals surface area contributed by atoms with Crippen molar-refractivity contribution in [2.45, 2.75) is 30.2 Å². The fraction of sp³-hybridized carbons (Fsp3) is 0.167. The highest BCUT2D eigenvalue weighted by atomic mass is 35.5. The summed E-state index contributed by atoms with van der Waals surface area (Å²) in [6.45, 7) is -0.134. The first kappa shape index (κ1) is 29.7. The lowest BCUT2D eigenvalue weighted by Crippen LogP contribution is -2.41. The molecule has 2 unspecified atom stereocenters. The van der Waals surface area contributed by atoms with Gasteiger partial charge in [0, 0.05) is 0 Å². The first-order chi connectivity index (χ1) is 22.6. The Labute approximate surface area is 269 Å². The Morgan fingerprint density at radius 2 is 1.35 bits per heavy atom. The van der Waals surface area contributed by atoms with Gasteiger partial charge in [-0.05, 0) is 28.8 Å². The molecule has 6 aromatic rings. The number of esters is 1. The molecule has 0 aliphatic carbocycles. The monoisotopic (exact) mass is 634 g/mol. The van der Waals surface area contributed by atoms with Gasteiger partial charge in [-0.1, -0.05) is 121 Å². The second-order valence-corrected chi connectivity index (χ2v) is 11.2. The molecule has 0 amide bonds. The summed E-state index contributed by atoms with van der Waals surface area (Å²) in [7, 11) is 0. The summed E-state index contributed by atoms with van der Waals surface area (Å²) in [5.41, 5.74) is 2.37. The molecule has 4 atom stereocenters. The molecule has 3 heterocycles. The number of carbonyl (C=O) groups excluding carboxylic acids is 1. The van der Waals surface area contributed by atoms with Gasteiger partial charge in [0.15, 0.2) is 29.3 Å². The number of nitrogens with zero attached hydrogens (tertiary/aromatic N) is 4. The number of fused-ring (bicyclic) bond motifs is 1. The molecule has 1 fully saturated rings. The Hall–Kier alpha value is -4.96. The smallest absolute Gasteiger partial charge is 0.338 e. The number of benzene rings is 4. The molecule has 4 aromatic carbocycles. The Bertz CT molecular complexity index is 1830. The minimum Gasteiger partial charge on any atom is -0.453 e. The van der Waals surface area contributed by atoms with E-state index >= 15 is 4.39 Å². The second kappa shape index (κ2) is 12.8. The van der Waals surface area contributed by atoms with Crippen LogP contribution in [0.5, 0.6) is 0 Å². The van der Waals surface area contributed by atoms with Crippen molar-refractivity contribution in [1.29, 1.82) is 0 Å². The van der Waals surface area contributed by atoms with Crippen LogP contribution in [-0.2, 0) is 19.8 Å². The zero-order valence-corrected chi connectivity index (χ0v) is 25.2. The fourth-order valence-corrected chi connectivity index (χ4v) is 6.12. The minimum absolute atomic E-state index is 0.127. The third-order valence-corrected chi connectivity index (χ3v) is 8.39. The molecule has 1 aliphatic heterocycles. The topological polar surface area (TPSA) is 88.4 Å². The molecule has 1 aliphatic rings. The lowest BCUT2D eigenvalue weighted by molar-refractivity contribution is -0.0957. The normalized spacial score (nSPS) is 19.7. The Balaban J connectivity index is 1.29. The Morgan fingerprint density at radius 3 is 1.91 bits per heavy atom. The zero-order chi connectivity index (χ0) is 31.5. The van der Waals surface area contributed by atoms with Gasteiger partial charge in [-0.15, -0.1) is 0 Å². The van der Waals surface area contributed by atoms with Gasteiger partial charge in [-0.3, -0.25) is 4.57 Å². The second-order valence-electron chi connectivity index (χ2n) is 10.8. The Morgan fingerprint density at radius 1 is 0.804 bits per heavy atom. The number of alkyl halides is 1. The highest BCUT2D eigenvalue weighted by Crippen LogP contribution is 2.43. The van der Waals surface area contributed by atoms with Crippen molar-refractivity contribution in [3.63, 3.8) is 0 Å². The SMILES string of the molecule is O=C(OC1C(F)[C@H](n2cnc3c(Cl)ncnc32)O[C@@H]1COC(c1ccccc1)(c1ccccc1)c1ccccc1)c1ccccc1. The van der Waals surface area contributed by atoms with E-state index in [4.69, 9.17) is 25.8 Å². The highest BCUT2D eigenvalue weighted by Gasteiger charge is 2.51. The zero-order valence-electron chi connectivity index (χ0n) is 24.4. The van der Waals surface area contributed by atoms with Crippen LogP contribution in [0.1, 0.15) is 33.3 Å². The van der Waals surface area contributed by atoms with E-state index in [1.807, 2.05) is 91.0 Å². The van der Waals surface area contributed by atoms with E-state index in [0.29, 0.717) is 5.52 Å². The number of ether oxygens (including phenoxy) is 3. The summed E-state index contributed by atoms with van der Waals surface area (Å²) in [4.78, 5) is 25.8. The molecule has 230 valence electrons. The van der Waals surface area contributed by atoms with Gasteiger partial charge in [-0.2, -0.15) is 0 Å². The van der Waals surface area contributed by atoms with Crippen LogP contribution in [0, 0.1) is 0 Å². The molecule has 0 N–H and O–H groups in total. The summed E-state index contributed by atoms with van der Waals surface area (Å²) in [5, 5.41) is 0.127. The average molecular weight is 635 g/mol. The van der Waals surface area contributed by atoms with Crippen molar-refractivity contribution in [1.82, 2.24) is 19.5 Å². The van der Waals surface area contributed by atoms with Gasteiger partial charge < -0.3 is 14.2 Å². The standard InChI is InChI=1S/C36H28ClFN4O4/c37-32-30-33(40-22-39-32)42(23-41-30)34-29(38)31(46-35(43)24-13-5-1-6-14-24)28(45-34)21-44-36(25-15-7-2-8-16-25,26-17-9-3-10-18-26)27-19-11-4-12-20-27/h1-20,22-23,28-29,31,34H,21H2/t28-,29?,31?,34-/m1/s1. The third-order valence-electron chi connectivity index (χ3n) is 8.11. The third kappa shape index (κ3) is 5.43. The molecular weight excluding hydrogens is 607 g/mol. The van der Waals surface area contributed by atoms with Crippen LogP contribution in [0.2, 0.25) is 5.15 Å². The van der Waals surface area contributed by atoms with E-state index in [-0.39, 0.29) is 23.0 Å².